The van der Waals surface area contributed by atoms with Gasteiger partial charge in [-0.25, -0.2) is 13.1 Å². The molecule has 1 aliphatic rings. The summed E-state index contributed by atoms with van der Waals surface area (Å²) in [4.78, 5) is 12.5. The third kappa shape index (κ3) is 4.51. The van der Waals surface area contributed by atoms with Gasteiger partial charge in [-0.05, 0) is 54.0 Å². The first kappa shape index (κ1) is 19.4. The molecule has 0 radical (unpaired) electrons. The number of hydrogen-bond acceptors (Lipinski definition) is 6. The molecule has 1 N–H and O–H groups in total. The fourth-order valence-corrected chi connectivity index (χ4v) is 4.63. The highest BCUT2D eigenvalue weighted by atomic mass is 32.2. The Hall–Kier alpha value is -2.33. The molecule has 1 aromatic heterocycles. The number of rotatable bonds is 7. The SMILES string of the molecule is CCCCNC(=O)[C@H]1CCCN(S(=O)(=O)c2ccc(-n3cnnn3)cc2)C1. The Morgan fingerprint density at radius 2 is 2.07 bits per heavy atom. The molecule has 1 atom stereocenters. The zero-order chi connectivity index (χ0) is 19.3. The molecule has 2 heterocycles. The van der Waals surface area contributed by atoms with Gasteiger partial charge in [0, 0.05) is 19.6 Å². The summed E-state index contributed by atoms with van der Waals surface area (Å²) in [6, 6.07) is 6.39. The molecule has 3 rings (SSSR count). The van der Waals surface area contributed by atoms with Crippen molar-refractivity contribution in [1.82, 2.24) is 29.8 Å². The summed E-state index contributed by atoms with van der Waals surface area (Å²) in [5.41, 5.74) is 0.672. The summed E-state index contributed by atoms with van der Waals surface area (Å²) in [6.45, 7) is 3.34. The minimum Gasteiger partial charge on any atom is -0.356 e. The number of nitrogens with one attached hydrogen (secondary N) is 1. The lowest BCUT2D eigenvalue weighted by Gasteiger charge is -2.31. The summed E-state index contributed by atoms with van der Waals surface area (Å²) >= 11 is 0. The number of amides is 1. The predicted octanol–water partition coefficient (Wildman–Crippen LogP) is 0.979. The normalized spacial score (nSPS) is 18.3. The molecule has 1 aliphatic heterocycles. The van der Waals surface area contributed by atoms with Crippen molar-refractivity contribution in [2.75, 3.05) is 19.6 Å². The maximum absolute atomic E-state index is 13.0. The van der Waals surface area contributed by atoms with Gasteiger partial charge < -0.3 is 5.32 Å². The van der Waals surface area contributed by atoms with E-state index in [1.807, 2.05) is 0 Å². The molecule has 10 heteroatoms. The van der Waals surface area contributed by atoms with E-state index in [1.165, 1.54) is 27.4 Å². The van der Waals surface area contributed by atoms with E-state index in [0.29, 0.717) is 31.6 Å². The fourth-order valence-electron chi connectivity index (χ4n) is 3.11. The van der Waals surface area contributed by atoms with Crippen LogP contribution in [-0.2, 0) is 14.8 Å². The first-order valence-electron chi connectivity index (χ1n) is 9.13. The lowest BCUT2D eigenvalue weighted by atomic mass is 9.99. The molecule has 0 saturated carbocycles. The standard InChI is InChI=1S/C17H24N6O3S/c1-2-3-10-18-17(24)14-5-4-11-22(12-14)27(25,26)16-8-6-15(7-9-16)23-13-19-20-21-23/h6-9,13-14H,2-5,10-12H2,1H3,(H,18,24)/t14-/m0/s1. The highest BCUT2D eigenvalue weighted by Crippen LogP contribution is 2.24. The largest absolute Gasteiger partial charge is 0.356 e. The van der Waals surface area contributed by atoms with Crippen LogP contribution in [0.1, 0.15) is 32.6 Å². The van der Waals surface area contributed by atoms with Gasteiger partial charge in [0.2, 0.25) is 15.9 Å². The van der Waals surface area contributed by atoms with Crippen LogP contribution in [0.2, 0.25) is 0 Å². The van der Waals surface area contributed by atoms with E-state index in [0.717, 1.165) is 12.8 Å². The number of aromatic nitrogens is 4. The van der Waals surface area contributed by atoms with Gasteiger partial charge in [-0.3, -0.25) is 4.79 Å². The highest BCUT2D eigenvalue weighted by Gasteiger charge is 2.33. The maximum Gasteiger partial charge on any atom is 0.243 e. The van der Waals surface area contributed by atoms with Crippen LogP contribution in [0.5, 0.6) is 0 Å². The molecular weight excluding hydrogens is 368 g/mol. The molecule has 27 heavy (non-hydrogen) atoms. The minimum atomic E-state index is -3.65. The van der Waals surface area contributed by atoms with Gasteiger partial charge >= 0.3 is 0 Å². The third-order valence-corrected chi connectivity index (χ3v) is 6.55. The third-order valence-electron chi connectivity index (χ3n) is 4.67. The molecule has 1 aromatic carbocycles. The average molecular weight is 392 g/mol. The second-order valence-corrected chi connectivity index (χ2v) is 8.53. The Bertz CT molecular complexity index is 851. The van der Waals surface area contributed by atoms with Crippen LogP contribution in [0.3, 0.4) is 0 Å². The second kappa shape index (κ2) is 8.57. The Kier molecular flexibility index (Phi) is 6.17. The number of unbranched alkanes of at least 4 members (excludes halogenated alkanes) is 1. The van der Waals surface area contributed by atoms with Crippen LogP contribution in [0.4, 0.5) is 0 Å². The van der Waals surface area contributed by atoms with Crippen LogP contribution in [0.15, 0.2) is 35.5 Å². The number of tetrazole rings is 1. The van der Waals surface area contributed by atoms with Crippen molar-refractivity contribution in [2.45, 2.75) is 37.5 Å². The summed E-state index contributed by atoms with van der Waals surface area (Å²) in [7, 11) is -3.65. The van der Waals surface area contributed by atoms with Crippen molar-refractivity contribution >= 4 is 15.9 Å². The van der Waals surface area contributed by atoms with E-state index in [9.17, 15) is 13.2 Å². The quantitative estimate of drug-likeness (QED) is 0.703. The highest BCUT2D eigenvalue weighted by molar-refractivity contribution is 7.89. The van der Waals surface area contributed by atoms with Gasteiger partial charge in [0.25, 0.3) is 0 Å². The summed E-state index contributed by atoms with van der Waals surface area (Å²) in [6.07, 6.45) is 4.76. The van der Waals surface area contributed by atoms with Crippen molar-refractivity contribution in [3.8, 4) is 5.69 Å². The van der Waals surface area contributed by atoms with Crippen LogP contribution in [-0.4, -0.2) is 58.5 Å². The topological polar surface area (TPSA) is 110 Å². The lowest BCUT2D eigenvalue weighted by molar-refractivity contribution is -0.126. The number of nitrogens with zero attached hydrogens (tertiary/aromatic N) is 5. The van der Waals surface area contributed by atoms with Gasteiger partial charge in [-0.1, -0.05) is 13.3 Å². The van der Waals surface area contributed by atoms with Crippen molar-refractivity contribution in [1.29, 1.82) is 0 Å². The Labute approximate surface area is 158 Å². The molecule has 1 fully saturated rings. The number of carbonyl (C=O) groups excluding carboxylic acids is 1. The van der Waals surface area contributed by atoms with E-state index < -0.39 is 10.0 Å². The van der Waals surface area contributed by atoms with Crippen molar-refractivity contribution in [3.63, 3.8) is 0 Å². The second-order valence-electron chi connectivity index (χ2n) is 6.60. The number of benzene rings is 1. The molecule has 0 spiro atoms. The van der Waals surface area contributed by atoms with Gasteiger partial charge in [0.05, 0.1) is 16.5 Å². The summed E-state index contributed by atoms with van der Waals surface area (Å²) < 4.78 is 28.8. The summed E-state index contributed by atoms with van der Waals surface area (Å²) in [5.74, 6) is -0.358. The fraction of sp³-hybridized carbons (Fsp3) is 0.529. The molecule has 9 nitrogen and oxygen atoms in total. The molecule has 1 saturated heterocycles. The summed E-state index contributed by atoms with van der Waals surface area (Å²) in [5, 5.41) is 13.8. The zero-order valence-corrected chi connectivity index (χ0v) is 16.1. The first-order valence-corrected chi connectivity index (χ1v) is 10.6. The number of carbonyl (C=O) groups is 1. The molecule has 0 unspecified atom stereocenters. The van der Waals surface area contributed by atoms with Gasteiger partial charge in [-0.2, -0.15) is 4.31 Å². The first-order chi connectivity index (χ1) is 13.0. The van der Waals surface area contributed by atoms with E-state index >= 15 is 0 Å². The van der Waals surface area contributed by atoms with E-state index in [1.54, 1.807) is 12.1 Å². The van der Waals surface area contributed by atoms with Gasteiger partial charge in [0.1, 0.15) is 6.33 Å². The zero-order valence-electron chi connectivity index (χ0n) is 15.3. The number of sulfonamides is 1. The average Bonchev–Trinajstić information content (AvgIpc) is 3.23. The lowest BCUT2D eigenvalue weighted by Crippen LogP contribution is -2.45. The monoisotopic (exact) mass is 392 g/mol. The predicted molar refractivity (Wildman–Crippen MR) is 98.6 cm³/mol. The van der Waals surface area contributed by atoms with Crippen LogP contribution < -0.4 is 5.32 Å². The maximum atomic E-state index is 13.0. The van der Waals surface area contributed by atoms with E-state index in [4.69, 9.17) is 0 Å². The molecule has 146 valence electrons. The Morgan fingerprint density at radius 1 is 1.30 bits per heavy atom. The van der Waals surface area contributed by atoms with Gasteiger partial charge in [-0.15, -0.1) is 5.10 Å². The molecule has 1 amide bonds. The minimum absolute atomic E-state index is 0.0580. The van der Waals surface area contributed by atoms with E-state index in [2.05, 4.69) is 27.8 Å². The van der Waals surface area contributed by atoms with E-state index in [-0.39, 0.29) is 23.3 Å². The Morgan fingerprint density at radius 3 is 2.74 bits per heavy atom. The number of piperidine rings is 1. The van der Waals surface area contributed by atoms with Crippen molar-refractivity contribution < 1.29 is 13.2 Å². The Balaban J connectivity index is 1.69. The smallest absolute Gasteiger partial charge is 0.243 e. The number of hydrogen-bond donors (Lipinski definition) is 1. The van der Waals surface area contributed by atoms with Crippen molar-refractivity contribution in [3.05, 3.63) is 30.6 Å². The van der Waals surface area contributed by atoms with Crippen LogP contribution >= 0.6 is 0 Å². The van der Waals surface area contributed by atoms with Gasteiger partial charge in [0.15, 0.2) is 0 Å². The van der Waals surface area contributed by atoms with Crippen LogP contribution in [0.25, 0.3) is 5.69 Å². The molecule has 0 bridgehead atoms. The molecular formula is C17H24N6O3S. The van der Waals surface area contributed by atoms with Crippen LogP contribution in [0, 0.1) is 5.92 Å². The molecule has 0 aliphatic carbocycles. The van der Waals surface area contributed by atoms with Crippen molar-refractivity contribution in [2.24, 2.45) is 5.92 Å². The molecule has 2 aromatic rings.